The third-order valence-electron chi connectivity index (χ3n) is 3.25. The summed E-state index contributed by atoms with van der Waals surface area (Å²) in [5.74, 6) is 1.84. The van der Waals surface area contributed by atoms with E-state index >= 15 is 0 Å². The maximum Gasteiger partial charge on any atom is 0.119 e. The minimum Gasteiger partial charge on any atom is -0.491 e. The van der Waals surface area contributed by atoms with E-state index in [1.165, 1.54) is 37.9 Å². The smallest absolute Gasteiger partial charge is 0.119 e. The van der Waals surface area contributed by atoms with Gasteiger partial charge in [0.1, 0.15) is 5.75 Å². The van der Waals surface area contributed by atoms with Crippen LogP contribution in [0.2, 0.25) is 0 Å². The molecule has 1 N–H and O–H groups in total. The molecular weight excluding hydrogens is 210 g/mol. The Morgan fingerprint density at radius 3 is 2.76 bits per heavy atom. The summed E-state index contributed by atoms with van der Waals surface area (Å²) in [6, 6.07) is 8.57. The van der Waals surface area contributed by atoms with Gasteiger partial charge in [-0.3, -0.25) is 0 Å². The largest absolute Gasteiger partial charge is 0.491 e. The van der Waals surface area contributed by atoms with E-state index in [9.17, 15) is 0 Å². The van der Waals surface area contributed by atoms with Crippen molar-refractivity contribution in [3.63, 3.8) is 0 Å². The highest BCUT2D eigenvalue weighted by molar-refractivity contribution is 5.29. The van der Waals surface area contributed by atoms with E-state index < -0.39 is 0 Å². The summed E-state index contributed by atoms with van der Waals surface area (Å²) in [6.07, 6.45) is 4.05. The average Bonchev–Trinajstić information content (AvgIpc) is 2.30. The van der Waals surface area contributed by atoms with Gasteiger partial charge in [-0.25, -0.2) is 0 Å². The lowest BCUT2D eigenvalue weighted by Gasteiger charge is -2.22. The van der Waals surface area contributed by atoms with Crippen molar-refractivity contribution in [2.45, 2.75) is 39.2 Å². The lowest BCUT2D eigenvalue weighted by molar-refractivity contribution is 0.242. The van der Waals surface area contributed by atoms with Crippen LogP contribution in [0.25, 0.3) is 0 Å². The van der Waals surface area contributed by atoms with Gasteiger partial charge in [0.2, 0.25) is 0 Å². The SMILES string of the molecule is CC(C)Oc1cccc(CC2CCNCC2)c1. The molecule has 0 amide bonds. The summed E-state index contributed by atoms with van der Waals surface area (Å²) >= 11 is 0. The van der Waals surface area contributed by atoms with Crippen molar-refractivity contribution in [1.82, 2.24) is 5.32 Å². The zero-order chi connectivity index (χ0) is 12.1. The van der Waals surface area contributed by atoms with Crippen LogP contribution in [0, 0.1) is 5.92 Å². The second kappa shape index (κ2) is 6.06. The summed E-state index contributed by atoms with van der Waals surface area (Å²) in [7, 11) is 0. The molecule has 1 aromatic carbocycles. The van der Waals surface area contributed by atoms with Crippen molar-refractivity contribution >= 4 is 0 Å². The number of piperidine rings is 1. The van der Waals surface area contributed by atoms with Crippen LogP contribution in [0.4, 0.5) is 0 Å². The lowest BCUT2D eigenvalue weighted by Crippen LogP contribution is -2.28. The first-order valence-corrected chi connectivity index (χ1v) is 6.70. The number of ether oxygens (including phenoxy) is 1. The van der Waals surface area contributed by atoms with Crippen LogP contribution >= 0.6 is 0 Å². The molecule has 94 valence electrons. The predicted octanol–water partition coefficient (Wildman–Crippen LogP) is 3.02. The molecule has 0 aromatic heterocycles. The fourth-order valence-electron chi connectivity index (χ4n) is 2.44. The standard InChI is InChI=1S/C15H23NO/c1-12(2)17-15-5-3-4-14(11-15)10-13-6-8-16-9-7-13/h3-5,11-13,16H,6-10H2,1-2H3. The van der Waals surface area contributed by atoms with Crippen molar-refractivity contribution in [2.24, 2.45) is 5.92 Å². The highest BCUT2D eigenvalue weighted by Gasteiger charge is 2.13. The quantitative estimate of drug-likeness (QED) is 0.863. The van der Waals surface area contributed by atoms with E-state index in [1.54, 1.807) is 0 Å². The maximum atomic E-state index is 5.73. The second-order valence-electron chi connectivity index (χ2n) is 5.21. The zero-order valence-electron chi connectivity index (χ0n) is 10.9. The van der Waals surface area contributed by atoms with E-state index in [1.807, 2.05) is 6.07 Å². The normalized spacial score (nSPS) is 17.4. The van der Waals surface area contributed by atoms with E-state index in [2.05, 4.69) is 37.4 Å². The first-order valence-electron chi connectivity index (χ1n) is 6.70. The molecule has 1 heterocycles. The van der Waals surface area contributed by atoms with E-state index in [4.69, 9.17) is 4.74 Å². The number of benzene rings is 1. The van der Waals surface area contributed by atoms with Gasteiger partial charge in [0.05, 0.1) is 6.10 Å². The highest BCUT2D eigenvalue weighted by atomic mass is 16.5. The van der Waals surface area contributed by atoms with Gasteiger partial charge in [-0.1, -0.05) is 12.1 Å². The Morgan fingerprint density at radius 1 is 1.29 bits per heavy atom. The summed E-state index contributed by atoms with van der Waals surface area (Å²) in [4.78, 5) is 0. The molecule has 0 radical (unpaired) electrons. The first kappa shape index (κ1) is 12.4. The van der Waals surface area contributed by atoms with Crippen molar-refractivity contribution in [2.75, 3.05) is 13.1 Å². The number of hydrogen-bond acceptors (Lipinski definition) is 2. The fraction of sp³-hybridized carbons (Fsp3) is 0.600. The van der Waals surface area contributed by atoms with Crippen LogP contribution in [0.5, 0.6) is 5.75 Å². The van der Waals surface area contributed by atoms with E-state index in [0.717, 1.165) is 11.7 Å². The summed E-state index contributed by atoms with van der Waals surface area (Å²) in [5, 5.41) is 3.41. The Hall–Kier alpha value is -1.02. The summed E-state index contributed by atoms with van der Waals surface area (Å²) in [6.45, 7) is 6.48. The number of nitrogens with one attached hydrogen (secondary N) is 1. The Morgan fingerprint density at radius 2 is 2.06 bits per heavy atom. The van der Waals surface area contributed by atoms with Gasteiger partial charge in [-0.2, -0.15) is 0 Å². The average molecular weight is 233 g/mol. The molecule has 1 aromatic rings. The molecule has 1 fully saturated rings. The molecule has 0 bridgehead atoms. The van der Waals surface area contributed by atoms with Gasteiger partial charge in [0.25, 0.3) is 0 Å². The molecule has 2 nitrogen and oxygen atoms in total. The van der Waals surface area contributed by atoms with Crippen LogP contribution in [0.15, 0.2) is 24.3 Å². The first-order chi connectivity index (χ1) is 8.24. The van der Waals surface area contributed by atoms with E-state index in [0.29, 0.717) is 0 Å². The van der Waals surface area contributed by atoms with Gasteiger partial charge in [0.15, 0.2) is 0 Å². The second-order valence-corrected chi connectivity index (χ2v) is 5.21. The summed E-state index contributed by atoms with van der Waals surface area (Å²) < 4.78 is 5.73. The maximum absolute atomic E-state index is 5.73. The molecule has 0 saturated carbocycles. The van der Waals surface area contributed by atoms with E-state index in [-0.39, 0.29) is 6.10 Å². The third-order valence-corrected chi connectivity index (χ3v) is 3.25. The minimum atomic E-state index is 0.254. The fourth-order valence-corrected chi connectivity index (χ4v) is 2.44. The molecule has 17 heavy (non-hydrogen) atoms. The number of rotatable bonds is 4. The van der Waals surface area contributed by atoms with Crippen LogP contribution in [0.3, 0.4) is 0 Å². The van der Waals surface area contributed by atoms with Crippen LogP contribution in [-0.4, -0.2) is 19.2 Å². The molecule has 1 aliphatic heterocycles. The molecule has 0 spiro atoms. The van der Waals surface area contributed by atoms with Crippen LogP contribution in [0.1, 0.15) is 32.3 Å². The molecule has 0 unspecified atom stereocenters. The minimum absolute atomic E-state index is 0.254. The lowest BCUT2D eigenvalue weighted by atomic mass is 9.91. The Labute approximate surface area is 104 Å². The van der Waals surface area contributed by atoms with Crippen molar-refractivity contribution in [3.05, 3.63) is 29.8 Å². The van der Waals surface area contributed by atoms with Crippen LogP contribution in [-0.2, 0) is 6.42 Å². The molecular formula is C15H23NO. The molecule has 2 heteroatoms. The molecule has 1 saturated heterocycles. The van der Waals surface area contributed by atoms with Gasteiger partial charge >= 0.3 is 0 Å². The van der Waals surface area contributed by atoms with Gasteiger partial charge in [-0.05, 0) is 69.8 Å². The predicted molar refractivity (Wildman–Crippen MR) is 71.5 cm³/mol. The molecule has 2 rings (SSSR count). The van der Waals surface area contributed by atoms with Crippen molar-refractivity contribution in [1.29, 1.82) is 0 Å². The zero-order valence-corrected chi connectivity index (χ0v) is 10.9. The highest BCUT2D eigenvalue weighted by Crippen LogP contribution is 2.21. The van der Waals surface area contributed by atoms with Gasteiger partial charge in [-0.15, -0.1) is 0 Å². The Bertz CT molecular complexity index is 343. The third kappa shape index (κ3) is 4.04. The van der Waals surface area contributed by atoms with Crippen LogP contribution < -0.4 is 10.1 Å². The number of hydrogen-bond donors (Lipinski definition) is 1. The van der Waals surface area contributed by atoms with Crippen molar-refractivity contribution < 1.29 is 4.74 Å². The molecule has 0 atom stereocenters. The van der Waals surface area contributed by atoms with Gasteiger partial charge in [0, 0.05) is 0 Å². The Kier molecular flexibility index (Phi) is 4.43. The summed E-state index contributed by atoms with van der Waals surface area (Å²) in [5.41, 5.74) is 1.41. The topological polar surface area (TPSA) is 21.3 Å². The molecule has 1 aliphatic rings. The molecule has 0 aliphatic carbocycles. The Balaban J connectivity index is 1.95. The van der Waals surface area contributed by atoms with Gasteiger partial charge < -0.3 is 10.1 Å². The monoisotopic (exact) mass is 233 g/mol. The van der Waals surface area contributed by atoms with Crippen molar-refractivity contribution in [3.8, 4) is 5.75 Å².